The van der Waals surface area contributed by atoms with E-state index < -0.39 is 22.0 Å². The zero-order valence-electron chi connectivity index (χ0n) is 14.1. The second-order valence-electron chi connectivity index (χ2n) is 5.46. The van der Waals surface area contributed by atoms with Gasteiger partial charge in [0, 0.05) is 0 Å². The van der Waals surface area contributed by atoms with Crippen LogP contribution in [0.15, 0.2) is 59.5 Å². The Bertz CT molecular complexity index is 792. The first kappa shape index (κ1) is 19.7. The first-order valence-electron chi connectivity index (χ1n) is 7.77. The summed E-state index contributed by atoms with van der Waals surface area (Å²) in [6, 6.07) is 15.6. The normalized spacial score (nSPS) is 12.6. The van der Waals surface area contributed by atoms with Crippen LogP contribution < -0.4 is 9.18 Å². The van der Waals surface area contributed by atoms with E-state index in [0.29, 0.717) is 6.42 Å². The van der Waals surface area contributed by atoms with Gasteiger partial charge in [-0.1, -0.05) is 0 Å². The SMILES string of the molecule is COC(=O)C(CC[Se]c1ccccc1)NS(=O)(=O)c1ccc(C)cc1. The predicted octanol–water partition coefficient (Wildman–Crippen LogP) is 1.65. The third-order valence-corrected chi connectivity index (χ3v) is 7.21. The minimum atomic E-state index is -3.77. The van der Waals surface area contributed by atoms with E-state index in [1.54, 1.807) is 12.1 Å². The van der Waals surface area contributed by atoms with Crippen LogP contribution in [0.1, 0.15) is 12.0 Å². The Morgan fingerprint density at radius 1 is 1.12 bits per heavy atom. The van der Waals surface area contributed by atoms with Crippen LogP contribution >= 0.6 is 0 Å². The molecule has 0 fully saturated rings. The molecular formula is C18H21NO4SSe. The number of hydrogen-bond acceptors (Lipinski definition) is 4. The van der Waals surface area contributed by atoms with Gasteiger partial charge in [-0.25, -0.2) is 0 Å². The maximum absolute atomic E-state index is 12.5. The first-order chi connectivity index (χ1) is 11.9. The van der Waals surface area contributed by atoms with Gasteiger partial charge in [0.05, 0.1) is 0 Å². The van der Waals surface area contributed by atoms with Gasteiger partial charge < -0.3 is 0 Å². The molecule has 1 unspecified atom stereocenters. The van der Waals surface area contributed by atoms with Crippen LogP contribution in [0.5, 0.6) is 0 Å². The number of ether oxygens (including phenoxy) is 1. The standard InChI is InChI=1S/C18H21NO4SSe/c1-14-8-10-15(11-9-14)24(21,22)19-17(18(20)23-2)12-13-25-16-6-4-3-5-7-16/h3-11,17,19H,12-13H2,1-2H3. The van der Waals surface area contributed by atoms with Crippen molar-refractivity contribution in [3.05, 3.63) is 60.2 Å². The number of methoxy groups -OCH3 is 1. The molecule has 0 saturated heterocycles. The molecule has 1 atom stereocenters. The number of carbonyl (C=O) groups is 1. The molecule has 0 spiro atoms. The molecule has 5 nitrogen and oxygen atoms in total. The summed E-state index contributed by atoms with van der Waals surface area (Å²) in [7, 11) is -2.51. The van der Waals surface area contributed by atoms with Crippen LogP contribution in [-0.4, -0.2) is 42.5 Å². The van der Waals surface area contributed by atoms with E-state index in [4.69, 9.17) is 4.74 Å². The van der Waals surface area contributed by atoms with Gasteiger partial charge in [-0.15, -0.1) is 0 Å². The number of benzene rings is 2. The number of nitrogens with one attached hydrogen (secondary N) is 1. The molecule has 2 aromatic carbocycles. The number of carbonyl (C=O) groups excluding carboxylic acids is 1. The third-order valence-electron chi connectivity index (χ3n) is 3.53. The van der Waals surface area contributed by atoms with E-state index >= 15 is 0 Å². The van der Waals surface area contributed by atoms with Crippen molar-refractivity contribution in [3.63, 3.8) is 0 Å². The average Bonchev–Trinajstić information content (AvgIpc) is 2.61. The van der Waals surface area contributed by atoms with Gasteiger partial charge in [-0.3, -0.25) is 0 Å². The van der Waals surface area contributed by atoms with Gasteiger partial charge in [0.2, 0.25) is 0 Å². The average molecular weight is 426 g/mol. The number of rotatable bonds is 8. The van der Waals surface area contributed by atoms with Crippen LogP contribution in [0.3, 0.4) is 0 Å². The summed E-state index contributed by atoms with van der Waals surface area (Å²) in [5.41, 5.74) is 0.967. The van der Waals surface area contributed by atoms with Crippen molar-refractivity contribution >= 4 is 35.4 Å². The Morgan fingerprint density at radius 3 is 2.36 bits per heavy atom. The zero-order chi connectivity index (χ0) is 18.3. The van der Waals surface area contributed by atoms with E-state index in [2.05, 4.69) is 4.72 Å². The minimum absolute atomic E-state index is 0.139. The monoisotopic (exact) mass is 427 g/mol. The molecule has 2 aromatic rings. The molecule has 7 heteroatoms. The molecule has 0 amide bonds. The summed E-state index contributed by atoms with van der Waals surface area (Å²) in [6.07, 6.45) is 0.395. The second-order valence-corrected chi connectivity index (χ2v) is 9.63. The molecule has 134 valence electrons. The molecule has 0 aromatic heterocycles. The van der Waals surface area contributed by atoms with Gasteiger partial charge in [0.1, 0.15) is 0 Å². The fourth-order valence-electron chi connectivity index (χ4n) is 2.15. The van der Waals surface area contributed by atoms with Crippen LogP contribution in [0.4, 0.5) is 0 Å². The Labute approximate surface area is 155 Å². The van der Waals surface area contributed by atoms with Crippen LogP contribution in [-0.2, 0) is 19.6 Å². The van der Waals surface area contributed by atoms with Crippen LogP contribution in [0.2, 0.25) is 5.32 Å². The number of esters is 1. The number of hydrogen-bond donors (Lipinski definition) is 1. The molecule has 0 aliphatic rings. The van der Waals surface area contributed by atoms with Crippen molar-refractivity contribution in [2.24, 2.45) is 0 Å². The fraction of sp³-hybridized carbons (Fsp3) is 0.278. The summed E-state index contributed by atoms with van der Waals surface area (Å²) in [5, 5.41) is 0.729. The molecule has 2 rings (SSSR count). The first-order valence-corrected chi connectivity index (χ1v) is 11.3. The number of sulfonamides is 1. The molecule has 0 bridgehead atoms. The fourth-order valence-corrected chi connectivity index (χ4v) is 5.34. The van der Waals surface area contributed by atoms with E-state index in [9.17, 15) is 13.2 Å². The van der Waals surface area contributed by atoms with Gasteiger partial charge in [0.15, 0.2) is 0 Å². The third kappa shape index (κ3) is 5.97. The van der Waals surface area contributed by atoms with Crippen LogP contribution in [0.25, 0.3) is 0 Å². The van der Waals surface area contributed by atoms with Crippen molar-refractivity contribution in [1.29, 1.82) is 0 Å². The molecule has 0 saturated carbocycles. The molecular weight excluding hydrogens is 405 g/mol. The quantitative estimate of drug-likeness (QED) is 0.515. The molecule has 0 radical (unpaired) electrons. The van der Waals surface area contributed by atoms with Gasteiger partial charge in [-0.05, 0) is 0 Å². The predicted molar refractivity (Wildman–Crippen MR) is 98.6 cm³/mol. The Balaban J connectivity index is 2.04. The number of aryl methyl sites for hydroxylation is 1. The van der Waals surface area contributed by atoms with E-state index in [0.717, 1.165) is 10.9 Å². The summed E-state index contributed by atoms with van der Waals surface area (Å²) >= 11 is 0.169. The van der Waals surface area contributed by atoms with Crippen molar-refractivity contribution in [1.82, 2.24) is 4.72 Å². The van der Waals surface area contributed by atoms with Crippen molar-refractivity contribution in [3.8, 4) is 0 Å². The molecule has 0 heterocycles. The molecule has 0 aliphatic heterocycles. The Kier molecular flexibility index (Phi) is 7.20. The molecule has 1 N–H and O–H groups in total. The van der Waals surface area contributed by atoms with Gasteiger partial charge in [-0.2, -0.15) is 0 Å². The van der Waals surface area contributed by atoms with Crippen molar-refractivity contribution < 1.29 is 17.9 Å². The Morgan fingerprint density at radius 2 is 1.76 bits per heavy atom. The van der Waals surface area contributed by atoms with Crippen molar-refractivity contribution in [2.75, 3.05) is 7.11 Å². The van der Waals surface area contributed by atoms with Crippen molar-refractivity contribution in [2.45, 2.75) is 29.6 Å². The van der Waals surface area contributed by atoms with E-state index in [1.807, 2.05) is 37.3 Å². The molecule has 25 heavy (non-hydrogen) atoms. The second kappa shape index (κ2) is 9.15. The van der Waals surface area contributed by atoms with Gasteiger partial charge >= 0.3 is 155 Å². The maximum atomic E-state index is 12.5. The van der Waals surface area contributed by atoms with Gasteiger partial charge in [0.25, 0.3) is 0 Å². The summed E-state index contributed by atoms with van der Waals surface area (Å²) in [4.78, 5) is 12.1. The summed E-state index contributed by atoms with van der Waals surface area (Å²) in [5.74, 6) is -0.570. The van der Waals surface area contributed by atoms with E-state index in [-0.39, 0.29) is 19.9 Å². The summed E-state index contributed by atoms with van der Waals surface area (Å²) < 4.78 is 33.4. The zero-order valence-corrected chi connectivity index (χ0v) is 16.7. The van der Waals surface area contributed by atoms with Crippen LogP contribution in [0, 0.1) is 6.92 Å². The topological polar surface area (TPSA) is 72.5 Å². The summed E-state index contributed by atoms with van der Waals surface area (Å²) in [6.45, 7) is 1.88. The Hall–Kier alpha value is -1.66. The molecule has 0 aliphatic carbocycles. The van der Waals surface area contributed by atoms with E-state index in [1.165, 1.54) is 23.7 Å².